The third-order valence-electron chi connectivity index (χ3n) is 1.83. The molecule has 0 aromatic heterocycles. The number of ether oxygens (including phenoxy) is 3. The largest absolute Gasteiger partial charge is 0.458 e. The average Bonchev–Trinajstić information content (AvgIpc) is 2.05. The van der Waals surface area contributed by atoms with Gasteiger partial charge in [0.25, 0.3) is 0 Å². The molecule has 0 radical (unpaired) electrons. The number of carbonyl (C=O) groups excluding carboxylic acids is 1. The van der Waals surface area contributed by atoms with Gasteiger partial charge in [-0.05, 0) is 62.3 Å². The molecule has 4 nitrogen and oxygen atoms in total. The lowest BCUT2D eigenvalue weighted by molar-refractivity contribution is -0.187. The van der Waals surface area contributed by atoms with Crippen molar-refractivity contribution in [1.29, 1.82) is 0 Å². The Morgan fingerprint density at radius 3 is 1.63 bits per heavy atom. The van der Waals surface area contributed by atoms with Crippen molar-refractivity contribution in [1.82, 2.24) is 0 Å². The fourth-order valence-corrected chi connectivity index (χ4v) is 1.27. The molecule has 0 heterocycles. The minimum Gasteiger partial charge on any atom is -0.458 e. The van der Waals surface area contributed by atoms with Crippen LogP contribution >= 0.6 is 0 Å². The van der Waals surface area contributed by atoms with Gasteiger partial charge in [0.05, 0.1) is 17.8 Å². The molecule has 0 saturated carbocycles. The van der Waals surface area contributed by atoms with Crippen LogP contribution in [0.2, 0.25) is 0 Å². The van der Waals surface area contributed by atoms with Crippen LogP contribution in [-0.4, -0.2) is 35.5 Å². The third-order valence-corrected chi connectivity index (χ3v) is 1.83. The van der Waals surface area contributed by atoms with E-state index in [2.05, 4.69) is 0 Å². The molecule has 1 atom stereocenters. The van der Waals surface area contributed by atoms with E-state index in [0.717, 1.165) is 0 Å². The van der Waals surface area contributed by atoms with Crippen LogP contribution in [0.25, 0.3) is 0 Å². The summed E-state index contributed by atoms with van der Waals surface area (Å²) in [6.07, 6.45) is -0.710. The summed E-state index contributed by atoms with van der Waals surface area (Å²) in [5.74, 6) is -0.383. The standard InChI is InChI=1S/C15H30O4/c1-13(2,3)17-10-11(18-14(4,5)6)12(16)19-15(7,8)9/h11H,10H2,1-9H3. The molecule has 19 heavy (non-hydrogen) atoms. The highest BCUT2D eigenvalue weighted by Gasteiger charge is 2.31. The Labute approximate surface area is 117 Å². The van der Waals surface area contributed by atoms with Crippen LogP contribution in [0.1, 0.15) is 62.3 Å². The van der Waals surface area contributed by atoms with Gasteiger partial charge in [0, 0.05) is 0 Å². The van der Waals surface area contributed by atoms with Crippen LogP contribution in [0.3, 0.4) is 0 Å². The van der Waals surface area contributed by atoms with Gasteiger partial charge in [0.15, 0.2) is 6.10 Å². The second-order valence-electron chi connectivity index (χ2n) is 7.68. The maximum Gasteiger partial charge on any atom is 0.338 e. The molecule has 0 saturated heterocycles. The van der Waals surface area contributed by atoms with Crippen LogP contribution in [-0.2, 0) is 19.0 Å². The van der Waals surface area contributed by atoms with E-state index in [1.54, 1.807) is 0 Å². The molecular weight excluding hydrogens is 244 g/mol. The minimum atomic E-state index is -0.710. The van der Waals surface area contributed by atoms with Gasteiger partial charge in [0.1, 0.15) is 5.60 Å². The number of esters is 1. The van der Waals surface area contributed by atoms with Crippen molar-refractivity contribution >= 4 is 5.97 Å². The zero-order valence-electron chi connectivity index (χ0n) is 13.9. The maximum atomic E-state index is 12.1. The summed E-state index contributed by atoms with van der Waals surface area (Å²) in [6, 6.07) is 0. The summed E-state index contributed by atoms with van der Waals surface area (Å²) in [5, 5.41) is 0. The summed E-state index contributed by atoms with van der Waals surface area (Å²) in [7, 11) is 0. The summed E-state index contributed by atoms with van der Waals surface area (Å²) in [6.45, 7) is 17.2. The van der Waals surface area contributed by atoms with E-state index in [-0.39, 0.29) is 18.2 Å². The lowest BCUT2D eigenvalue weighted by Crippen LogP contribution is -2.42. The molecule has 0 amide bonds. The topological polar surface area (TPSA) is 44.8 Å². The lowest BCUT2D eigenvalue weighted by atomic mass is 10.1. The predicted octanol–water partition coefficient (Wildman–Crippen LogP) is 3.33. The van der Waals surface area contributed by atoms with E-state index < -0.39 is 17.3 Å². The van der Waals surface area contributed by atoms with Gasteiger partial charge < -0.3 is 14.2 Å². The number of rotatable bonds is 4. The average molecular weight is 274 g/mol. The Morgan fingerprint density at radius 2 is 1.32 bits per heavy atom. The highest BCUT2D eigenvalue weighted by atomic mass is 16.6. The quantitative estimate of drug-likeness (QED) is 0.738. The first-order valence-corrected chi connectivity index (χ1v) is 6.74. The van der Waals surface area contributed by atoms with Gasteiger partial charge in [0.2, 0.25) is 0 Å². The van der Waals surface area contributed by atoms with E-state index in [1.807, 2.05) is 62.3 Å². The summed E-state index contributed by atoms with van der Waals surface area (Å²) in [5.41, 5.74) is -1.28. The normalized spacial score (nSPS) is 15.2. The molecule has 0 aliphatic rings. The lowest BCUT2D eigenvalue weighted by Gasteiger charge is -2.31. The van der Waals surface area contributed by atoms with Crippen molar-refractivity contribution < 1.29 is 19.0 Å². The van der Waals surface area contributed by atoms with Crippen LogP contribution in [0, 0.1) is 0 Å². The van der Waals surface area contributed by atoms with E-state index in [0.29, 0.717) is 0 Å². The molecule has 0 aliphatic heterocycles. The highest BCUT2D eigenvalue weighted by molar-refractivity contribution is 5.75. The number of carbonyl (C=O) groups is 1. The molecule has 0 aliphatic carbocycles. The number of hydrogen-bond acceptors (Lipinski definition) is 4. The molecule has 0 N–H and O–H groups in total. The van der Waals surface area contributed by atoms with E-state index >= 15 is 0 Å². The second-order valence-corrected chi connectivity index (χ2v) is 7.68. The van der Waals surface area contributed by atoms with Gasteiger partial charge in [-0.15, -0.1) is 0 Å². The van der Waals surface area contributed by atoms with Gasteiger partial charge in [-0.3, -0.25) is 0 Å². The SMILES string of the molecule is CC(C)(C)OCC(OC(C)(C)C)C(=O)OC(C)(C)C. The second kappa shape index (κ2) is 6.23. The minimum absolute atomic E-state index is 0.190. The van der Waals surface area contributed by atoms with Gasteiger partial charge in [-0.1, -0.05) is 0 Å². The summed E-state index contributed by atoms with van der Waals surface area (Å²) < 4.78 is 16.8. The first-order chi connectivity index (χ1) is 8.20. The highest BCUT2D eigenvalue weighted by Crippen LogP contribution is 2.18. The van der Waals surface area contributed by atoms with Gasteiger partial charge >= 0.3 is 5.97 Å². The molecule has 0 fully saturated rings. The van der Waals surface area contributed by atoms with Gasteiger partial charge in [-0.2, -0.15) is 0 Å². The summed E-state index contributed by atoms with van der Waals surface area (Å²) in [4.78, 5) is 12.1. The fourth-order valence-electron chi connectivity index (χ4n) is 1.27. The van der Waals surface area contributed by atoms with Gasteiger partial charge in [-0.25, -0.2) is 4.79 Å². The Bertz CT molecular complexity index is 289. The van der Waals surface area contributed by atoms with Crippen LogP contribution < -0.4 is 0 Å². The maximum absolute atomic E-state index is 12.1. The Kier molecular flexibility index (Phi) is 6.03. The third kappa shape index (κ3) is 11.0. The van der Waals surface area contributed by atoms with Crippen molar-refractivity contribution in [3.63, 3.8) is 0 Å². The molecule has 114 valence electrons. The van der Waals surface area contributed by atoms with Crippen molar-refractivity contribution in [2.45, 2.75) is 85.2 Å². The Balaban J connectivity index is 4.72. The first kappa shape index (κ1) is 18.4. The molecule has 4 heteroatoms. The molecular formula is C15H30O4. The van der Waals surface area contributed by atoms with Crippen molar-refractivity contribution in [3.8, 4) is 0 Å². The molecule has 0 rings (SSSR count). The van der Waals surface area contributed by atoms with Crippen LogP contribution in [0.5, 0.6) is 0 Å². The Morgan fingerprint density at radius 1 is 0.842 bits per heavy atom. The fraction of sp³-hybridized carbons (Fsp3) is 0.933. The monoisotopic (exact) mass is 274 g/mol. The van der Waals surface area contributed by atoms with E-state index in [9.17, 15) is 4.79 Å². The van der Waals surface area contributed by atoms with E-state index in [1.165, 1.54) is 0 Å². The van der Waals surface area contributed by atoms with Crippen molar-refractivity contribution in [2.75, 3.05) is 6.61 Å². The molecule has 0 bridgehead atoms. The smallest absolute Gasteiger partial charge is 0.338 e. The predicted molar refractivity (Wildman–Crippen MR) is 76.2 cm³/mol. The Hall–Kier alpha value is -0.610. The number of hydrogen-bond donors (Lipinski definition) is 0. The zero-order chi connectivity index (χ0) is 15.5. The van der Waals surface area contributed by atoms with E-state index in [4.69, 9.17) is 14.2 Å². The molecule has 0 aromatic carbocycles. The molecule has 1 unspecified atom stereocenters. The van der Waals surface area contributed by atoms with Crippen LogP contribution in [0.4, 0.5) is 0 Å². The summed E-state index contributed by atoms with van der Waals surface area (Å²) >= 11 is 0. The van der Waals surface area contributed by atoms with Crippen molar-refractivity contribution in [2.24, 2.45) is 0 Å². The molecule has 0 aromatic rings. The zero-order valence-corrected chi connectivity index (χ0v) is 13.9. The first-order valence-electron chi connectivity index (χ1n) is 6.74. The van der Waals surface area contributed by atoms with Crippen LogP contribution in [0.15, 0.2) is 0 Å². The van der Waals surface area contributed by atoms with Crippen molar-refractivity contribution in [3.05, 3.63) is 0 Å². The molecule has 0 spiro atoms.